The molecule has 0 radical (unpaired) electrons. The standard InChI is InChI=1S/C18H14F3N3O4/c1-17(12-6-8-13(9-7-12)24(27)28)15(25)23(16(26)22-17)10-11-4-2-3-5-14(11)18(19,20)21/h2-9H,10H2,1H3,(H,22,26)/t17-/m0/s1. The Hall–Kier alpha value is -3.43. The van der Waals surface area contributed by atoms with Crippen molar-refractivity contribution in [1.82, 2.24) is 10.2 Å². The number of rotatable bonds is 4. The monoisotopic (exact) mass is 393 g/mol. The molecule has 1 fully saturated rings. The second-order valence-corrected chi connectivity index (χ2v) is 6.41. The Labute approximate surface area is 156 Å². The molecule has 3 amide bonds. The van der Waals surface area contributed by atoms with Gasteiger partial charge in [0.2, 0.25) is 0 Å². The lowest BCUT2D eigenvalue weighted by atomic mass is 9.91. The Bertz CT molecular complexity index is 959. The molecule has 2 aromatic rings. The molecule has 1 heterocycles. The zero-order chi connectivity index (χ0) is 20.7. The number of benzene rings is 2. The average molecular weight is 393 g/mol. The molecule has 0 aliphatic carbocycles. The molecule has 146 valence electrons. The van der Waals surface area contributed by atoms with Crippen LogP contribution < -0.4 is 5.32 Å². The van der Waals surface area contributed by atoms with Crippen LogP contribution in [0.3, 0.4) is 0 Å². The molecule has 0 bridgehead atoms. The van der Waals surface area contributed by atoms with Gasteiger partial charge in [0.15, 0.2) is 0 Å². The summed E-state index contributed by atoms with van der Waals surface area (Å²) in [4.78, 5) is 36.0. The molecule has 28 heavy (non-hydrogen) atoms. The molecular formula is C18H14F3N3O4. The van der Waals surface area contributed by atoms with E-state index in [-0.39, 0.29) is 16.8 Å². The summed E-state index contributed by atoms with van der Waals surface area (Å²) in [6.07, 6.45) is -4.63. The van der Waals surface area contributed by atoms with E-state index >= 15 is 0 Å². The maximum Gasteiger partial charge on any atom is 0.416 e. The Morgan fingerprint density at radius 1 is 1.11 bits per heavy atom. The molecule has 2 aromatic carbocycles. The van der Waals surface area contributed by atoms with Crippen LogP contribution in [0, 0.1) is 10.1 Å². The van der Waals surface area contributed by atoms with Gasteiger partial charge in [0.25, 0.3) is 11.6 Å². The summed E-state index contributed by atoms with van der Waals surface area (Å²) in [6.45, 7) is 0.840. The number of hydrogen-bond acceptors (Lipinski definition) is 4. The van der Waals surface area contributed by atoms with Gasteiger partial charge < -0.3 is 5.32 Å². The summed E-state index contributed by atoms with van der Waals surface area (Å²) in [5.41, 5.74) is -2.60. The van der Waals surface area contributed by atoms with E-state index in [0.29, 0.717) is 4.90 Å². The first kappa shape index (κ1) is 19.3. The van der Waals surface area contributed by atoms with E-state index in [2.05, 4.69) is 5.32 Å². The average Bonchev–Trinajstić information content (AvgIpc) is 2.85. The minimum absolute atomic E-state index is 0.194. The highest BCUT2D eigenvalue weighted by Crippen LogP contribution is 2.35. The quantitative estimate of drug-likeness (QED) is 0.488. The summed E-state index contributed by atoms with van der Waals surface area (Å²) >= 11 is 0. The van der Waals surface area contributed by atoms with Gasteiger partial charge in [-0.15, -0.1) is 0 Å². The van der Waals surface area contributed by atoms with Crippen molar-refractivity contribution in [2.75, 3.05) is 0 Å². The second-order valence-electron chi connectivity index (χ2n) is 6.41. The topological polar surface area (TPSA) is 92.6 Å². The fraction of sp³-hybridized carbons (Fsp3) is 0.222. The number of carbonyl (C=O) groups is 2. The lowest BCUT2D eigenvalue weighted by molar-refractivity contribution is -0.384. The van der Waals surface area contributed by atoms with Gasteiger partial charge in [-0.2, -0.15) is 13.2 Å². The number of imide groups is 1. The number of non-ortho nitro benzene ring substituents is 1. The molecule has 1 atom stereocenters. The minimum atomic E-state index is -4.63. The van der Waals surface area contributed by atoms with Crippen LogP contribution in [0.15, 0.2) is 48.5 Å². The highest BCUT2D eigenvalue weighted by Gasteiger charge is 2.49. The molecule has 0 spiro atoms. The van der Waals surface area contributed by atoms with Crippen molar-refractivity contribution in [3.05, 3.63) is 75.3 Å². The number of alkyl halides is 3. The normalized spacial score (nSPS) is 19.6. The number of amides is 3. The molecule has 1 N–H and O–H groups in total. The van der Waals surface area contributed by atoms with E-state index in [1.165, 1.54) is 49.4 Å². The van der Waals surface area contributed by atoms with Crippen LogP contribution in [0.2, 0.25) is 0 Å². The van der Waals surface area contributed by atoms with Gasteiger partial charge >= 0.3 is 12.2 Å². The summed E-state index contributed by atoms with van der Waals surface area (Å²) in [5.74, 6) is -0.747. The molecule has 0 saturated carbocycles. The molecular weight excluding hydrogens is 379 g/mol. The Morgan fingerprint density at radius 2 is 1.71 bits per heavy atom. The van der Waals surface area contributed by atoms with Crippen molar-refractivity contribution < 1.29 is 27.7 Å². The van der Waals surface area contributed by atoms with Crippen molar-refractivity contribution in [3.8, 4) is 0 Å². The number of hydrogen-bond donors (Lipinski definition) is 1. The number of nitrogens with one attached hydrogen (secondary N) is 1. The lowest BCUT2D eigenvalue weighted by Gasteiger charge is -2.22. The molecule has 0 aromatic heterocycles. The summed E-state index contributed by atoms with van der Waals surface area (Å²) in [5, 5.41) is 13.2. The first-order valence-electron chi connectivity index (χ1n) is 8.08. The van der Waals surface area contributed by atoms with E-state index in [1.807, 2.05) is 0 Å². The van der Waals surface area contributed by atoms with Crippen molar-refractivity contribution >= 4 is 17.6 Å². The molecule has 7 nitrogen and oxygen atoms in total. The summed E-state index contributed by atoms with van der Waals surface area (Å²) in [7, 11) is 0. The zero-order valence-electron chi connectivity index (χ0n) is 14.5. The minimum Gasteiger partial charge on any atom is -0.319 e. The largest absolute Gasteiger partial charge is 0.416 e. The van der Waals surface area contributed by atoms with Crippen molar-refractivity contribution in [2.45, 2.75) is 25.2 Å². The van der Waals surface area contributed by atoms with Crippen LogP contribution >= 0.6 is 0 Å². The Kier molecular flexibility index (Phi) is 4.58. The lowest BCUT2D eigenvalue weighted by Crippen LogP contribution is -2.40. The predicted molar refractivity (Wildman–Crippen MR) is 91.0 cm³/mol. The van der Waals surface area contributed by atoms with Crippen molar-refractivity contribution in [2.24, 2.45) is 0 Å². The first-order valence-corrected chi connectivity index (χ1v) is 8.08. The van der Waals surface area contributed by atoms with Gasteiger partial charge in [-0.1, -0.05) is 18.2 Å². The molecule has 10 heteroatoms. The fourth-order valence-corrected chi connectivity index (χ4v) is 3.06. The highest BCUT2D eigenvalue weighted by atomic mass is 19.4. The number of nitro groups is 1. The molecule has 1 saturated heterocycles. The predicted octanol–water partition coefficient (Wildman–Crippen LogP) is 3.58. The maximum atomic E-state index is 13.2. The smallest absolute Gasteiger partial charge is 0.319 e. The second kappa shape index (κ2) is 6.63. The maximum absolute atomic E-state index is 13.2. The third kappa shape index (κ3) is 3.28. The molecule has 3 rings (SSSR count). The zero-order valence-corrected chi connectivity index (χ0v) is 14.5. The number of carbonyl (C=O) groups excluding carboxylic acids is 2. The number of urea groups is 1. The van der Waals surface area contributed by atoms with Gasteiger partial charge in [0.1, 0.15) is 5.54 Å². The Balaban J connectivity index is 1.91. The van der Waals surface area contributed by atoms with E-state index in [0.717, 1.165) is 6.07 Å². The van der Waals surface area contributed by atoms with Gasteiger partial charge in [-0.05, 0) is 36.2 Å². The summed E-state index contributed by atoms with van der Waals surface area (Å²) < 4.78 is 39.5. The van der Waals surface area contributed by atoms with Gasteiger partial charge in [-0.25, -0.2) is 4.79 Å². The fourth-order valence-electron chi connectivity index (χ4n) is 3.06. The number of halogens is 3. The van der Waals surface area contributed by atoms with Crippen LogP contribution in [0.25, 0.3) is 0 Å². The van der Waals surface area contributed by atoms with E-state index < -0.39 is 40.7 Å². The number of nitro benzene ring substituents is 1. The first-order chi connectivity index (χ1) is 13.0. The van der Waals surface area contributed by atoms with Gasteiger partial charge in [-0.3, -0.25) is 19.8 Å². The SMILES string of the molecule is C[C@@]1(c2ccc([N+](=O)[O-])cc2)NC(=O)N(Cc2ccccc2C(F)(F)F)C1=O. The third-order valence-corrected chi connectivity index (χ3v) is 4.58. The highest BCUT2D eigenvalue weighted by molar-refractivity contribution is 6.07. The number of nitrogens with zero attached hydrogens (tertiary/aromatic N) is 2. The van der Waals surface area contributed by atoms with Crippen LogP contribution in [0.4, 0.5) is 23.7 Å². The molecule has 1 aliphatic heterocycles. The van der Waals surface area contributed by atoms with Gasteiger partial charge in [0, 0.05) is 12.1 Å². The third-order valence-electron chi connectivity index (χ3n) is 4.58. The van der Waals surface area contributed by atoms with E-state index in [4.69, 9.17) is 0 Å². The van der Waals surface area contributed by atoms with Gasteiger partial charge in [0.05, 0.1) is 17.0 Å². The Morgan fingerprint density at radius 3 is 2.29 bits per heavy atom. The molecule has 1 aliphatic rings. The van der Waals surface area contributed by atoms with Crippen LogP contribution in [-0.4, -0.2) is 21.8 Å². The molecule has 0 unspecified atom stereocenters. The van der Waals surface area contributed by atoms with E-state index in [9.17, 15) is 32.9 Å². The van der Waals surface area contributed by atoms with Crippen molar-refractivity contribution in [1.29, 1.82) is 0 Å². The summed E-state index contributed by atoms with van der Waals surface area (Å²) in [6, 6.07) is 8.85. The van der Waals surface area contributed by atoms with Crippen LogP contribution in [0.1, 0.15) is 23.6 Å². The van der Waals surface area contributed by atoms with E-state index in [1.54, 1.807) is 0 Å². The van der Waals surface area contributed by atoms with Crippen LogP contribution in [0.5, 0.6) is 0 Å². The van der Waals surface area contributed by atoms with Crippen LogP contribution in [-0.2, 0) is 23.1 Å². The van der Waals surface area contributed by atoms with Crippen molar-refractivity contribution in [3.63, 3.8) is 0 Å².